The standard InChI is InChI=1S/C26H24ClF5N2O4S/c1-24(2,28)23(35)33-14-18-15-34(39(36,37)19-7-5-6-17(13-19)26(30,31)32)21-12-16(9-10-22(21)38-18)20-8-3-4-11-25(20,27)29/h3-13,18,20H,14-15H2,1-2H3,(H,33,35)/t18-,20?,25?/m0/s1. The summed E-state index contributed by atoms with van der Waals surface area (Å²) in [6.45, 7) is 1.35. The number of benzene rings is 2. The molecule has 0 spiro atoms. The number of nitrogens with one attached hydrogen (secondary N) is 1. The van der Waals surface area contributed by atoms with E-state index in [2.05, 4.69) is 5.32 Å². The Morgan fingerprint density at radius 1 is 1.15 bits per heavy atom. The molecule has 2 aliphatic rings. The van der Waals surface area contributed by atoms with Crippen LogP contribution < -0.4 is 14.4 Å². The van der Waals surface area contributed by atoms with Crippen molar-refractivity contribution in [3.8, 4) is 5.75 Å². The first-order chi connectivity index (χ1) is 18.0. The maximum Gasteiger partial charge on any atom is 0.416 e. The Balaban J connectivity index is 1.77. The second-order valence-electron chi connectivity index (χ2n) is 9.61. The summed E-state index contributed by atoms with van der Waals surface area (Å²) in [6.07, 6.45) is -0.200. The predicted octanol–water partition coefficient (Wildman–Crippen LogP) is 5.64. The van der Waals surface area contributed by atoms with Gasteiger partial charge >= 0.3 is 6.18 Å². The summed E-state index contributed by atoms with van der Waals surface area (Å²) in [5, 5.41) is 0.0345. The largest absolute Gasteiger partial charge is 0.484 e. The van der Waals surface area contributed by atoms with Crippen LogP contribution in [0.3, 0.4) is 0 Å². The number of nitrogens with zero attached hydrogens (tertiary/aromatic N) is 1. The zero-order valence-electron chi connectivity index (χ0n) is 20.7. The van der Waals surface area contributed by atoms with Crippen LogP contribution in [0.4, 0.5) is 27.6 Å². The van der Waals surface area contributed by atoms with E-state index in [0.29, 0.717) is 6.07 Å². The minimum Gasteiger partial charge on any atom is -0.484 e. The number of anilines is 1. The third kappa shape index (κ3) is 6.06. The van der Waals surface area contributed by atoms with Crippen LogP contribution >= 0.6 is 11.6 Å². The second kappa shape index (κ2) is 10.1. The lowest BCUT2D eigenvalue weighted by Crippen LogP contribution is -2.50. The summed E-state index contributed by atoms with van der Waals surface area (Å²) >= 11 is 6.02. The molecule has 210 valence electrons. The van der Waals surface area contributed by atoms with Gasteiger partial charge in [-0.05, 0) is 55.8 Å². The third-order valence-corrected chi connectivity index (χ3v) is 8.34. The molecule has 0 aromatic heterocycles. The van der Waals surface area contributed by atoms with Crippen molar-refractivity contribution in [2.45, 2.75) is 47.7 Å². The van der Waals surface area contributed by atoms with Gasteiger partial charge in [0, 0.05) is 0 Å². The number of sulfonamides is 1. The SMILES string of the molecule is CC(C)(F)C(=O)NC[C@H]1CN(S(=O)(=O)c2cccc(C(F)(F)F)c2)c2cc(C3C=CC=CC3(F)Cl)ccc2O1. The van der Waals surface area contributed by atoms with Gasteiger partial charge in [0.1, 0.15) is 11.9 Å². The molecule has 0 fully saturated rings. The Morgan fingerprint density at radius 3 is 2.51 bits per heavy atom. The zero-order valence-corrected chi connectivity index (χ0v) is 22.2. The molecule has 0 saturated heterocycles. The van der Waals surface area contributed by atoms with Crippen molar-refractivity contribution in [2.75, 3.05) is 17.4 Å². The van der Waals surface area contributed by atoms with E-state index in [1.165, 1.54) is 30.4 Å². The van der Waals surface area contributed by atoms with Crippen LogP contribution in [0.15, 0.2) is 71.7 Å². The molecule has 39 heavy (non-hydrogen) atoms. The number of hydrogen-bond acceptors (Lipinski definition) is 4. The van der Waals surface area contributed by atoms with Gasteiger partial charge in [-0.1, -0.05) is 42.0 Å². The molecule has 1 aliphatic heterocycles. The van der Waals surface area contributed by atoms with Crippen molar-refractivity contribution >= 4 is 33.2 Å². The van der Waals surface area contributed by atoms with Gasteiger partial charge in [-0.2, -0.15) is 13.2 Å². The highest BCUT2D eigenvalue weighted by Crippen LogP contribution is 2.45. The summed E-state index contributed by atoms with van der Waals surface area (Å²) < 4.78 is 103. The maximum atomic E-state index is 15.0. The van der Waals surface area contributed by atoms with Crippen molar-refractivity contribution in [1.29, 1.82) is 0 Å². The van der Waals surface area contributed by atoms with Gasteiger partial charge in [0.05, 0.1) is 35.2 Å². The molecule has 13 heteroatoms. The number of allylic oxidation sites excluding steroid dienone is 4. The number of carbonyl (C=O) groups is 1. The number of amides is 1. The van der Waals surface area contributed by atoms with Gasteiger partial charge in [0.25, 0.3) is 15.9 Å². The quantitative estimate of drug-likeness (QED) is 0.349. The van der Waals surface area contributed by atoms with Gasteiger partial charge in [-0.3, -0.25) is 9.10 Å². The first kappa shape index (κ1) is 28.9. The average molecular weight is 591 g/mol. The first-order valence-electron chi connectivity index (χ1n) is 11.7. The molecule has 1 N–H and O–H groups in total. The first-order valence-corrected chi connectivity index (χ1v) is 13.5. The number of fused-ring (bicyclic) bond motifs is 1. The van der Waals surface area contributed by atoms with Gasteiger partial charge in [-0.25, -0.2) is 17.2 Å². The Kier molecular flexibility index (Phi) is 7.50. The highest BCUT2D eigenvalue weighted by molar-refractivity contribution is 7.92. The van der Waals surface area contributed by atoms with E-state index >= 15 is 4.39 Å². The number of alkyl halides is 6. The van der Waals surface area contributed by atoms with Crippen molar-refractivity contribution in [1.82, 2.24) is 5.32 Å². The lowest BCUT2D eigenvalue weighted by atomic mass is 9.90. The van der Waals surface area contributed by atoms with E-state index < -0.39 is 61.9 Å². The molecule has 4 rings (SSSR count). The molecule has 2 unspecified atom stereocenters. The van der Waals surface area contributed by atoms with Crippen molar-refractivity contribution in [3.05, 3.63) is 77.9 Å². The van der Waals surface area contributed by atoms with E-state index in [9.17, 15) is 30.8 Å². The maximum absolute atomic E-state index is 15.0. The molecule has 1 amide bonds. The predicted molar refractivity (Wildman–Crippen MR) is 136 cm³/mol. The van der Waals surface area contributed by atoms with Crippen molar-refractivity contribution in [2.24, 2.45) is 0 Å². The van der Waals surface area contributed by atoms with E-state index in [1.807, 2.05) is 0 Å². The van der Waals surface area contributed by atoms with Gasteiger partial charge in [-0.15, -0.1) is 0 Å². The fourth-order valence-corrected chi connectivity index (χ4v) is 5.97. The van der Waals surface area contributed by atoms with Gasteiger partial charge < -0.3 is 10.1 Å². The molecule has 0 saturated carbocycles. The van der Waals surface area contributed by atoms with Crippen molar-refractivity contribution in [3.63, 3.8) is 0 Å². The minimum absolute atomic E-state index is 0.00803. The fourth-order valence-electron chi connectivity index (χ4n) is 4.16. The number of rotatable bonds is 6. The summed E-state index contributed by atoms with van der Waals surface area (Å²) in [4.78, 5) is 11.4. The summed E-state index contributed by atoms with van der Waals surface area (Å²) in [7, 11) is -4.63. The Hall–Kier alpha value is -3.12. The molecular formula is C26H24ClF5N2O4S. The second-order valence-corrected chi connectivity index (χ2v) is 12.0. The number of ether oxygens (including phenoxy) is 1. The van der Waals surface area contributed by atoms with E-state index in [-0.39, 0.29) is 23.5 Å². The van der Waals surface area contributed by atoms with Crippen LogP contribution in [0, 0.1) is 0 Å². The minimum atomic E-state index is -4.79. The fraction of sp³-hybridized carbons (Fsp3) is 0.346. The van der Waals surface area contributed by atoms with Crippen molar-refractivity contribution < 1.29 is 39.9 Å². The summed E-state index contributed by atoms with van der Waals surface area (Å²) in [5.74, 6) is -1.96. The highest BCUT2D eigenvalue weighted by atomic mass is 35.5. The monoisotopic (exact) mass is 590 g/mol. The Bertz CT molecular complexity index is 1430. The lowest BCUT2D eigenvalue weighted by Gasteiger charge is -2.37. The Labute approximate surface area is 227 Å². The van der Waals surface area contributed by atoms with E-state index in [4.69, 9.17) is 16.3 Å². The van der Waals surface area contributed by atoms with Gasteiger partial charge in [0.2, 0.25) is 5.13 Å². The lowest BCUT2D eigenvalue weighted by molar-refractivity contribution is -0.137. The van der Waals surface area contributed by atoms with Crippen LogP contribution in [0.25, 0.3) is 0 Å². The molecule has 0 radical (unpaired) electrons. The molecular weight excluding hydrogens is 567 g/mol. The molecule has 3 atom stereocenters. The molecule has 2 aromatic rings. The Morgan fingerprint density at radius 2 is 1.87 bits per heavy atom. The average Bonchev–Trinajstić information content (AvgIpc) is 2.85. The van der Waals surface area contributed by atoms with Crippen LogP contribution in [0.2, 0.25) is 0 Å². The van der Waals surface area contributed by atoms with E-state index in [1.54, 1.807) is 6.08 Å². The van der Waals surface area contributed by atoms with Gasteiger partial charge in [0.15, 0.2) is 5.67 Å². The van der Waals surface area contributed by atoms with Crippen LogP contribution in [-0.2, 0) is 21.0 Å². The number of carbonyl (C=O) groups excluding carboxylic acids is 1. The molecule has 1 heterocycles. The molecule has 2 aromatic carbocycles. The number of halogens is 6. The zero-order chi connectivity index (χ0) is 28.8. The van der Waals surface area contributed by atoms with Crippen LogP contribution in [-0.4, -0.2) is 44.3 Å². The van der Waals surface area contributed by atoms with Crippen LogP contribution in [0.1, 0.15) is 30.9 Å². The number of hydrogen-bond donors (Lipinski definition) is 1. The summed E-state index contributed by atoms with van der Waals surface area (Å²) in [5.41, 5.74) is -3.16. The molecule has 0 bridgehead atoms. The third-order valence-electron chi connectivity index (χ3n) is 6.20. The smallest absolute Gasteiger partial charge is 0.416 e. The molecule has 1 aliphatic carbocycles. The topological polar surface area (TPSA) is 75.7 Å². The summed E-state index contributed by atoms with van der Waals surface area (Å²) in [6, 6.07) is 7.44. The highest BCUT2D eigenvalue weighted by Gasteiger charge is 2.40. The van der Waals surface area contributed by atoms with Crippen LogP contribution in [0.5, 0.6) is 5.75 Å². The van der Waals surface area contributed by atoms with E-state index in [0.717, 1.165) is 42.4 Å². The normalized spacial score (nSPS) is 23.2. The molecule has 6 nitrogen and oxygen atoms in total.